The molecule has 0 aromatic carbocycles. The van der Waals surface area contributed by atoms with Gasteiger partial charge in [0.1, 0.15) is 0 Å². The normalized spacial score (nSPS) is 7.45. The van der Waals surface area contributed by atoms with Crippen LogP contribution in [0.3, 0.4) is 0 Å². The maximum atomic E-state index is 10.4. The van der Waals surface area contributed by atoms with Crippen molar-refractivity contribution in [3.05, 3.63) is 6.42 Å². The van der Waals surface area contributed by atoms with E-state index in [0.717, 1.165) is 6.42 Å². The Labute approximate surface area is 87.5 Å². The third-order valence-electron chi connectivity index (χ3n) is 0.723. The zero-order chi connectivity index (χ0) is 7.98. The monoisotopic (exact) mass is 168 g/mol. The van der Waals surface area contributed by atoms with E-state index in [9.17, 15) is 9.59 Å². The second-order valence-electron chi connectivity index (χ2n) is 1.42. The first-order valence-electron chi connectivity index (χ1n) is 2.80. The zero-order valence-corrected chi connectivity index (χ0v) is 8.92. The van der Waals surface area contributed by atoms with Gasteiger partial charge in [-0.1, -0.05) is 0 Å². The summed E-state index contributed by atoms with van der Waals surface area (Å²) in [5, 5.41) is 0. The van der Waals surface area contributed by atoms with E-state index in [2.05, 4.69) is 9.47 Å². The molecule has 0 aromatic heterocycles. The fourth-order valence-corrected chi connectivity index (χ4v) is 0.339. The second-order valence-corrected chi connectivity index (χ2v) is 1.42. The molecule has 0 aliphatic rings. The maximum Gasteiger partial charge on any atom is 1.00 e. The standard InChI is InChI=1S/C6H9O4.Na/c1-3-10-6(8)4-5(7)9-2;/h4H,3H2,1-2H3;/q-1;+1. The molecule has 0 saturated carbocycles. The van der Waals surface area contributed by atoms with Crippen LogP contribution in [0.5, 0.6) is 0 Å². The van der Waals surface area contributed by atoms with Gasteiger partial charge < -0.3 is 9.47 Å². The molecule has 4 nitrogen and oxygen atoms in total. The molecule has 0 aliphatic carbocycles. The van der Waals surface area contributed by atoms with Gasteiger partial charge in [-0.15, -0.1) is 0 Å². The van der Waals surface area contributed by atoms with Crippen LogP contribution in [0.1, 0.15) is 6.92 Å². The Balaban J connectivity index is 0. The van der Waals surface area contributed by atoms with E-state index in [4.69, 9.17) is 0 Å². The number of ether oxygens (including phenoxy) is 2. The van der Waals surface area contributed by atoms with Crippen molar-refractivity contribution in [1.29, 1.82) is 0 Å². The molecule has 0 bridgehead atoms. The predicted octanol–water partition coefficient (Wildman–Crippen LogP) is -3.07. The van der Waals surface area contributed by atoms with Crippen LogP contribution in [-0.4, -0.2) is 25.7 Å². The summed E-state index contributed by atoms with van der Waals surface area (Å²) >= 11 is 0. The van der Waals surface area contributed by atoms with E-state index >= 15 is 0 Å². The second kappa shape index (κ2) is 7.91. The third kappa shape index (κ3) is 7.71. The summed E-state index contributed by atoms with van der Waals surface area (Å²) in [5.41, 5.74) is 0. The van der Waals surface area contributed by atoms with Crippen LogP contribution >= 0.6 is 0 Å². The number of methoxy groups -OCH3 is 1. The molecular formula is C6H9NaO4. The Kier molecular flexibility index (Phi) is 9.64. The van der Waals surface area contributed by atoms with Gasteiger partial charge in [0.05, 0.1) is 13.7 Å². The van der Waals surface area contributed by atoms with Gasteiger partial charge in [-0.05, 0) is 6.92 Å². The average Bonchev–Trinajstić information content (AvgIpc) is 1.88. The van der Waals surface area contributed by atoms with Gasteiger partial charge in [-0.3, -0.25) is 9.59 Å². The first-order chi connectivity index (χ1) is 4.70. The molecule has 11 heavy (non-hydrogen) atoms. The van der Waals surface area contributed by atoms with Gasteiger partial charge in [0.25, 0.3) is 0 Å². The van der Waals surface area contributed by atoms with Gasteiger partial charge in [0.2, 0.25) is 0 Å². The Hall–Kier alpha value is -0.190. The Morgan fingerprint density at radius 1 is 1.36 bits per heavy atom. The summed E-state index contributed by atoms with van der Waals surface area (Å²) in [5.74, 6) is -1.37. The van der Waals surface area contributed by atoms with Crippen molar-refractivity contribution in [2.45, 2.75) is 6.92 Å². The number of hydrogen-bond donors (Lipinski definition) is 0. The molecule has 0 saturated heterocycles. The first-order valence-corrected chi connectivity index (χ1v) is 2.80. The van der Waals surface area contributed by atoms with Crippen LogP contribution < -0.4 is 29.6 Å². The smallest absolute Gasteiger partial charge is 0.491 e. The predicted molar refractivity (Wildman–Crippen MR) is 32.9 cm³/mol. The number of esters is 2. The summed E-state index contributed by atoms with van der Waals surface area (Å²) in [6, 6.07) is 0. The summed E-state index contributed by atoms with van der Waals surface area (Å²) in [4.78, 5) is 20.8. The minimum atomic E-state index is -0.696. The van der Waals surface area contributed by atoms with Gasteiger partial charge in [0.15, 0.2) is 11.9 Å². The molecule has 0 heterocycles. The molecule has 0 rings (SSSR count). The summed E-state index contributed by atoms with van der Waals surface area (Å²) in [6.45, 7) is 1.91. The number of carbonyl (C=O) groups is 2. The summed E-state index contributed by atoms with van der Waals surface area (Å²) in [7, 11) is 1.19. The van der Waals surface area contributed by atoms with E-state index < -0.39 is 11.9 Å². The molecule has 0 radical (unpaired) electrons. The molecule has 0 aliphatic heterocycles. The fraction of sp³-hybridized carbons (Fsp3) is 0.500. The minimum absolute atomic E-state index is 0. The molecule has 0 unspecified atom stereocenters. The van der Waals surface area contributed by atoms with Crippen molar-refractivity contribution in [2.75, 3.05) is 13.7 Å². The summed E-state index contributed by atoms with van der Waals surface area (Å²) < 4.78 is 8.59. The van der Waals surface area contributed by atoms with Crippen molar-refractivity contribution in [1.82, 2.24) is 0 Å². The fourth-order valence-electron chi connectivity index (χ4n) is 0.339. The molecule has 0 atom stereocenters. The number of carbonyl (C=O) groups excluding carboxylic acids is 2. The van der Waals surface area contributed by atoms with Crippen LogP contribution in [0, 0.1) is 6.42 Å². The Bertz CT molecular complexity index is 135. The average molecular weight is 168 g/mol. The van der Waals surface area contributed by atoms with Crippen molar-refractivity contribution in [2.24, 2.45) is 0 Å². The molecule has 0 aromatic rings. The van der Waals surface area contributed by atoms with Gasteiger partial charge >= 0.3 is 29.6 Å². The van der Waals surface area contributed by atoms with E-state index in [1.807, 2.05) is 0 Å². The van der Waals surface area contributed by atoms with E-state index in [-0.39, 0.29) is 36.2 Å². The Morgan fingerprint density at radius 2 is 1.91 bits per heavy atom. The van der Waals surface area contributed by atoms with Crippen molar-refractivity contribution >= 4 is 11.9 Å². The topological polar surface area (TPSA) is 52.6 Å². The van der Waals surface area contributed by atoms with Crippen molar-refractivity contribution in [3.63, 3.8) is 0 Å². The Morgan fingerprint density at radius 3 is 2.27 bits per heavy atom. The largest absolute Gasteiger partial charge is 1.00 e. The molecule has 0 N–H and O–H groups in total. The molecule has 0 fully saturated rings. The maximum absolute atomic E-state index is 10.4. The molecule has 58 valence electrons. The van der Waals surface area contributed by atoms with Crippen molar-refractivity contribution in [3.8, 4) is 0 Å². The van der Waals surface area contributed by atoms with Crippen LogP contribution in [0.15, 0.2) is 0 Å². The van der Waals surface area contributed by atoms with Crippen LogP contribution in [0.25, 0.3) is 0 Å². The van der Waals surface area contributed by atoms with Crippen molar-refractivity contribution < 1.29 is 48.6 Å². The van der Waals surface area contributed by atoms with Gasteiger partial charge in [-0.25, -0.2) is 0 Å². The van der Waals surface area contributed by atoms with Gasteiger partial charge in [0, 0.05) is 0 Å². The number of hydrogen-bond acceptors (Lipinski definition) is 4. The molecule has 0 amide bonds. The molecular weight excluding hydrogens is 159 g/mol. The quantitative estimate of drug-likeness (QED) is 0.194. The SMILES string of the molecule is CCOC(=O)[CH-]C(=O)OC.[Na+]. The summed E-state index contributed by atoms with van der Waals surface area (Å²) in [6.07, 6.45) is 0.753. The zero-order valence-electron chi connectivity index (χ0n) is 6.92. The third-order valence-corrected chi connectivity index (χ3v) is 0.723. The molecule has 0 spiro atoms. The number of rotatable bonds is 3. The minimum Gasteiger partial charge on any atom is -0.491 e. The van der Waals surface area contributed by atoms with E-state index in [0.29, 0.717) is 0 Å². The van der Waals surface area contributed by atoms with E-state index in [1.165, 1.54) is 7.11 Å². The van der Waals surface area contributed by atoms with Crippen LogP contribution in [-0.2, 0) is 19.1 Å². The molecule has 5 heteroatoms. The van der Waals surface area contributed by atoms with Gasteiger partial charge in [-0.2, -0.15) is 6.42 Å². The van der Waals surface area contributed by atoms with E-state index in [1.54, 1.807) is 6.92 Å². The first kappa shape index (κ1) is 13.4. The van der Waals surface area contributed by atoms with Crippen LogP contribution in [0.2, 0.25) is 0 Å². The van der Waals surface area contributed by atoms with Crippen LogP contribution in [0.4, 0.5) is 0 Å².